The fourth-order valence-corrected chi connectivity index (χ4v) is 2.41. The molecule has 0 aromatic carbocycles. The van der Waals surface area contributed by atoms with Crippen molar-refractivity contribution < 1.29 is 9.47 Å². The van der Waals surface area contributed by atoms with Gasteiger partial charge in [0.25, 0.3) is 0 Å². The van der Waals surface area contributed by atoms with Crippen LogP contribution in [0.15, 0.2) is 30.7 Å². The molecule has 0 bridgehead atoms. The SMILES string of the molecule is COc1nccc(-c2cc([C@@H](C)OC)c3nc(C)cn3c2)n1. The summed E-state index contributed by atoms with van der Waals surface area (Å²) in [6.45, 7) is 3.98. The third-order valence-electron chi connectivity index (χ3n) is 3.60. The maximum absolute atomic E-state index is 5.48. The zero-order chi connectivity index (χ0) is 15.7. The molecular weight excluding hydrogens is 280 g/mol. The van der Waals surface area contributed by atoms with Crippen molar-refractivity contribution in [3.63, 3.8) is 0 Å². The Morgan fingerprint density at radius 3 is 2.73 bits per heavy atom. The maximum atomic E-state index is 5.48. The molecule has 3 rings (SSSR count). The predicted molar refractivity (Wildman–Crippen MR) is 82.9 cm³/mol. The molecule has 0 N–H and O–H groups in total. The van der Waals surface area contributed by atoms with E-state index >= 15 is 0 Å². The molecule has 0 aliphatic carbocycles. The first-order valence-corrected chi connectivity index (χ1v) is 7.02. The van der Waals surface area contributed by atoms with Crippen molar-refractivity contribution in [1.29, 1.82) is 0 Å². The van der Waals surface area contributed by atoms with Crippen molar-refractivity contribution in [2.75, 3.05) is 14.2 Å². The average molecular weight is 298 g/mol. The number of imidazole rings is 1. The van der Waals surface area contributed by atoms with Crippen LogP contribution in [-0.4, -0.2) is 33.6 Å². The van der Waals surface area contributed by atoms with Gasteiger partial charge in [-0.1, -0.05) is 0 Å². The highest BCUT2D eigenvalue weighted by molar-refractivity contribution is 5.65. The third-order valence-corrected chi connectivity index (χ3v) is 3.60. The summed E-state index contributed by atoms with van der Waals surface area (Å²) >= 11 is 0. The lowest BCUT2D eigenvalue weighted by Gasteiger charge is -2.13. The fourth-order valence-electron chi connectivity index (χ4n) is 2.41. The lowest BCUT2D eigenvalue weighted by Crippen LogP contribution is -2.02. The standard InChI is InChI=1S/C16H18N4O2/c1-10-8-20-9-12(14-5-6-17-16(19-14)22-4)7-13(11(2)21-3)15(20)18-10/h5-9,11H,1-4H3/t11-/m1/s1. The van der Waals surface area contributed by atoms with Gasteiger partial charge in [0.1, 0.15) is 5.65 Å². The Morgan fingerprint density at radius 1 is 1.18 bits per heavy atom. The molecule has 6 heteroatoms. The normalized spacial score (nSPS) is 12.5. The number of ether oxygens (including phenoxy) is 2. The Balaban J connectivity index is 2.21. The van der Waals surface area contributed by atoms with E-state index in [1.54, 1.807) is 20.4 Å². The van der Waals surface area contributed by atoms with Crippen molar-refractivity contribution in [3.05, 3.63) is 42.0 Å². The molecule has 22 heavy (non-hydrogen) atoms. The minimum atomic E-state index is -0.0621. The first-order valence-electron chi connectivity index (χ1n) is 7.02. The molecular formula is C16H18N4O2. The van der Waals surface area contributed by atoms with Gasteiger partial charge in [0, 0.05) is 36.8 Å². The zero-order valence-corrected chi connectivity index (χ0v) is 13.1. The second kappa shape index (κ2) is 5.73. The molecule has 0 amide bonds. The second-order valence-corrected chi connectivity index (χ2v) is 5.10. The van der Waals surface area contributed by atoms with E-state index in [0.717, 1.165) is 28.2 Å². The van der Waals surface area contributed by atoms with E-state index in [1.807, 2.05) is 36.7 Å². The molecule has 0 radical (unpaired) electrons. The van der Waals surface area contributed by atoms with Crippen LogP contribution >= 0.6 is 0 Å². The van der Waals surface area contributed by atoms with Crippen LogP contribution in [0.4, 0.5) is 0 Å². The highest BCUT2D eigenvalue weighted by Crippen LogP contribution is 2.27. The van der Waals surface area contributed by atoms with Gasteiger partial charge >= 0.3 is 6.01 Å². The van der Waals surface area contributed by atoms with E-state index in [0.29, 0.717) is 6.01 Å². The Hall–Kier alpha value is -2.47. The molecule has 0 aliphatic rings. The molecule has 6 nitrogen and oxygen atoms in total. The Bertz CT molecular complexity index is 813. The van der Waals surface area contributed by atoms with E-state index in [2.05, 4.69) is 21.0 Å². The van der Waals surface area contributed by atoms with Crippen LogP contribution in [0.2, 0.25) is 0 Å². The number of aryl methyl sites for hydroxylation is 1. The van der Waals surface area contributed by atoms with Crippen LogP contribution in [0, 0.1) is 6.92 Å². The van der Waals surface area contributed by atoms with Crippen LogP contribution in [0.25, 0.3) is 16.9 Å². The van der Waals surface area contributed by atoms with Gasteiger partial charge in [0.15, 0.2) is 0 Å². The summed E-state index contributed by atoms with van der Waals surface area (Å²) < 4.78 is 12.6. The smallest absolute Gasteiger partial charge is 0.316 e. The molecule has 0 saturated heterocycles. The molecule has 0 fully saturated rings. The number of hydrogen-bond acceptors (Lipinski definition) is 5. The second-order valence-electron chi connectivity index (χ2n) is 5.10. The van der Waals surface area contributed by atoms with Gasteiger partial charge in [-0.05, 0) is 26.0 Å². The van der Waals surface area contributed by atoms with E-state index in [1.165, 1.54) is 0 Å². The van der Waals surface area contributed by atoms with Crippen molar-refractivity contribution in [2.45, 2.75) is 20.0 Å². The summed E-state index contributed by atoms with van der Waals surface area (Å²) in [6, 6.07) is 4.26. The maximum Gasteiger partial charge on any atom is 0.316 e. The van der Waals surface area contributed by atoms with Crippen LogP contribution < -0.4 is 4.74 Å². The van der Waals surface area contributed by atoms with Gasteiger partial charge in [-0.2, -0.15) is 4.98 Å². The van der Waals surface area contributed by atoms with Crippen LogP contribution in [0.1, 0.15) is 24.3 Å². The lowest BCUT2D eigenvalue weighted by molar-refractivity contribution is 0.120. The summed E-state index contributed by atoms with van der Waals surface area (Å²) in [5.41, 5.74) is 4.64. The number of nitrogens with zero attached hydrogens (tertiary/aromatic N) is 4. The van der Waals surface area contributed by atoms with E-state index in [4.69, 9.17) is 9.47 Å². The van der Waals surface area contributed by atoms with Crippen LogP contribution in [0.3, 0.4) is 0 Å². The van der Waals surface area contributed by atoms with Crippen LogP contribution in [0.5, 0.6) is 6.01 Å². The summed E-state index contributed by atoms with van der Waals surface area (Å²) in [4.78, 5) is 13.0. The topological polar surface area (TPSA) is 61.5 Å². The van der Waals surface area contributed by atoms with Crippen LogP contribution in [-0.2, 0) is 4.74 Å². The van der Waals surface area contributed by atoms with Gasteiger partial charge < -0.3 is 13.9 Å². The molecule has 0 saturated carbocycles. The predicted octanol–water partition coefficient (Wildman–Crippen LogP) is 2.82. The molecule has 0 aliphatic heterocycles. The summed E-state index contributed by atoms with van der Waals surface area (Å²) in [6.07, 6.45) is 5.61. The fraction of sp³-hybridized carbons (Fsp3) is 0.312. The Morgan fingerprint density at radius 2 is 2.00 bits per heavy atom. The number of methoxy groups -OCH3 is 2. The molecule has 3 aromatic heterocycles. The first kappa shape index (κ1) is 14.5. The number of aromatic nitrogens is 4. The summed E-state index contributed by atoms with van der Waals surface area (Å²) in [5, 5.41) is 0. The van der Waals surface area contributed by atoms with Gasteiger partial charge in [-0.15, -0.1) is 0 Å². The first-order chi connectivity index (χ1) is 10.6. The molecule has 3 heterocycles. The van der Waals surface area contributed by atoms with Gasteiger partial charge in [-0.25, -0.2) is 9.97 Å². The molecule has 0 spiro atoms. The average Bonchev–Trinajstić information content (AvgIpc) is 2.93. The van der Waals surface area contributed by atoms with E-state index in [9.17, 15) is 0 Å². The van der Waals surface area contributed by atoms with Crippen molar-refractivity contribution >= 4 is 5.65 Å². The number of pyridine rings is 1. The minimum Gasteiger partial charge on any atom is -0.467 e. The Kier molecular flexibility index (Phi) is 3.77. The van der Waals surface area contributed by atoms with E-state index in [-0.39, 0.29) is 6.10 Å². The Labute approximate surface area is 128 Å². The molecule has 1 atom stereocenters. The quantitative estimate of drug-likeness (QED) is 0.741. The number of hydrogen-bond donors (Lipinski definition) is 0. The lowest BCUT2D eigenvalue weighted by atomic mass is 10.1. The number of rotatable bonds is 4. The largest absolute Gasteiger partial charge is 0.467 e. The molecule has 3 aromatic rings. The van der Waals surface area contributed by atoms with Crippen molar-refractivity contribution in [3.8, 4) is 17.3 Å². The highest BCUT2D eigenvalue weighted by Gasteiger charge is 2.14. The summed E-state index contributed by atoms with van der Waals surface area (Å²) in [7, 11) is 3.25. The van der Waals surface area contributed by atoms with Gasteiger partial charge in [0.05, 0.1) is 24.6 Å². The zero-order valence-electron chi connectivity index (χ0n) is 13.1. The van der Waals surface area contributed by atoms with Gasteiger partial charge in [-0.3, -0.25) is 0 Å². The molecule has 0 unspecified atom stereocenters. The van der Waals surface area contributed by atoms with Crippen molar-refractivity contribution in [1.82, 2.24) is 19.4 Å². The summed E-state index contributed by atoms with van der Waals surface area (Å²) in [5.74, 6) is 0. The van der Waals surface area contributed by atoms with Gasteiger partial charge in [0.2, 0.25) is 0 Å². The third kappa shape index (κ3) is 2.53. The minimum absolute atomic E-state index is 0.0621. The van der Waals surface area contributed by atoms with Crippen molar-refractivity contribution in [2.24, 2.45) is 0 Å². The number of fused-ring (bicyclic) bond motifs is 1. The highest BCUT2D eigenvalue weighted by atomic mass is 16.5. The monoisotopic (exact) mass is 298 g/mol. The molecule has 114 valence electrons. The van der Waals surface area contributed by atoms with E-state index < -0.39 is 0 Å².